The zero-order valence-corrected chi connectivity index (χ0v) is 13.9. The van der Waals surface area contributed by atoms with Crippen LogP contribution in [0.1, 0.15) is 10.7 Å². The van der Waals surface area contributed by atoms with Crippen molar-refractivity contribution in [2.24, 2.45) is 0 Å². The number of amides is 3. The summed E-state index contributed by atoms with van der Waals surface area (Å²) in [5, 5.41) is 8.21. The summed E-state index contributed by atoms with van der Waals surface area (Å²) < 4.78 is 4.53. The van der Waals surface area contributed by atoms with E-state index in [-0.39, 0.29) is 6.03 Å². The molecular formula is C15H18N4O3S. The number of ether oxygens (including phenoxy) is 1. The summed E-state index contributed by atoms with van der Waals surface area (Å²) in [5.41, 5.74) is 1.96. The number of carbonyl (C=O) groups excluding carboxylic acids is 2. The summed E-state index contributed by atoms with van der Waals surface area (Å²) in [4.78, 5) is 29.3. The summed E-state index contributed by atoms with van der Waals surface area (Å²) in [5.74, 6) is 0. The molecule has 0 bridgehead atoms. The summed E-state index contributed by atoms with van der Waals surface area (Å²) in [7, 11) is 2.98. The Morgan fingerprint density at radius 2 is 2.00 bits per heavy atom. The quantitative estimate of drug-likeness (QED) is 0.898. The monoisotopic (exact) mass is 334 g/mol. The maximum Gasteiger partial charge on any atom is 0.411 e. The number of nitrogens with zero attached hydrogens (tertiary/aromatic N) is 2. The molecule has 0 fully saturated rings. The van der Waals surface area contributed by atoms with Crippen LogP contribution in [-0.4, -0.2) is 36.2 Å². The van der Waals surface area contributed by atoms with Crippen molar-refractivity contribution in [3.8, 4) is 0 Å². The van der Waals surface area contributed by atoms with Gasteiger partial charge >= 0.3 is 12.1 Å². The first kappa shape index (κ1) is 16.8. The number of urea groups is 1. The van der Waals surface area contributed by atoms with E-state index < -0.39 is 6.09 Å². The smallest absolute Gasteiger partial charge is 0.411 e. The number of methoxy groups -OCH3 is 1. The van der Waals surface area contributed by atoms with E-state index in [1.807, 2.05) is 12.3 Å². The zero-order valence-electron chi connectivity index (χ0n) is 13.1. The minimum atomic E-state index is -0.565. The SMILES string of the molecule is COC(=O)Nc1cccc(NC(=O)N(C)Cc2csc(C)n2)c1. The Kier molecular flexibility index (Phi) is 5.53. The minimum absolute atomic E-state index is 0.258. The molecule has 122 valence electrons. The molecule has 0 aliphatic rings. The predicted molar refractivity (Wildman–Crippen MR) is 89.8 cm³/mol. The lowest BCUT2D eigenvalue weighted by Crippen LogP contribution is -2.31. The highest BCUT2D eigenvalue weighted by Crippen LogP contribution is 2.16. The van der Waals surface area contributed by atoms with Crippen LogP contribution in [0, 0.1) is 6.92 Å². The number of hydrogen-bond donors (Lipinski definition) is 2. The van der Waals surface area contributed by atoms with E-state index in [4.69, 9.17) is 0 Å². The zero-order chi connectivity index (χ0) is 16.8. The number of nitrogens with one attached hydrogen (secondary N) is 2. The van der Waals surface area contributed by atoms with E-state index in [1.54, 1.807) is 42.6 Å². The Labute approximate surface area is 138 Å². The number of rotatable bonds is 4. The van der Waals surface area contributed by atoms with Crippen molar-refractivity contribution in [2.75, 3.05) is 24.8 Å². The second-order valence-electron chi connectivity index (χ2n) is 4.84. The topological polar surface area (TPSA) is 83.6 Å². The van der Waals surface area contributed by atoms with Gasteiger partial charge < -0.3 is 15.0 Å². The number of aryl methyl sites for hydroxylation is 1. The molecule has 7 nitrogen and oxygen atoms in total. The van der Waals surface area contributed by atoms with Gasteiger partial charge in [0, 0.05) is 23.8 Å². The Morgan fingerprint density at radius 1 is 1.30 bits per heavy atom. The van der Waals surface area contributed by atoms with Gasteiger partial charge in [0.2, 0.25) is 0 Å². The molecule has 3 amide bonds. The summed E-state index contributed by atoms with van der Waals surface area (Å²) >= 11 is 1.55. The van der Waals surface area contributed by atoms with Gasteiger partial charge in [-0.3, -0.25) is 5.32 Å². The number of aromatic nitrogens is 1. The van der Waals surface area contributed by atoms with Gasteiger partial charge in [0.1, 0.15) is 0 Å². The van der Waals surface area contributed by atoms with Crippen molar-refractivity contribution >= 4 is 34.8 Å². The maximum absolute atomic E-state index is 12.2. The molecule has 1 aromatic carbocycles. The fraction of sp³-hybridized carbons (Fsp3) is 0.267. The fourth-order valence-electron chi connectivity index (χ4n) is 1.86. The van der Waals surface area contributed by atoms with Crippen molar-refractivity contribution < 1.29 is 14.3 Å². The number of carbonyl (C=O) groups is 2. The van der Waals surface area contributed by atoms with Crippen molar-refractivity contribution in [2.45, 2.75) is 13.5 Å². The summed E-state index contributed by atoms with van der Waals surface area (Å²) in [6, 6.07) is 6.56. The summed E-state index contributed by atoms with van der Waals surface area (Å²) in [6.45, 7) is 2.35. The van der Waals surface area contributed by atoms with Crippen molar-refractivity contribution in [3.05, 3.63) is 40.3 Å². The van der Waals surface area contributed by atoms with Crippen LogP contribution in [0.25, 0.3) is 0 Å². The molecule has 2 aromatic rings. The van der Waals surface area contributed by atoms with E-state index in [0.29, 0.717) is 17.9 Å². The van der Waals surface area contributed by atoms with Crippen LogP contribution in [0.5, 0.6) is 0 Å². The van der Waals surface area contributed by atoms with Crippen LogP contribution in [0.3, 0.4) is 0 Å². The van der Waals surface area contributed by atoms with Crippen LogP contribution < -0.4 is 10.6 Å². The van der Waals surface area contributed by atoms with Crippen molar-refractivity contribution in [1.29, 1.82) is 0 Å². The molecule has 0 unspecified atom stereocenters. The maximum atomic E-state index is 12.2. The van der Waals surface area contributed by atoms with E-state index in [1.165, 1.54) is 12.0 Å². The number of benzene rings is 1. The minimum Gasteiger partial charge on any atom is -0.453 e. The highest BCUT2D eigenvalue weighted by atomic mass is 32.1. The lowest BCUT2D eigenvalue weighted by atomic mass is 10.3. The van der Waals surface area contributed by atoms with Gasteiger partial charge in [0.05, 0.1) is 24.4 Å². The Bertz CT molecular complexity index is 702. The third kappa shape index (κ3) is 4.96. The molecule has 2 rings (SSSR count). The highest BCUT2D eigenvalue weighted by Gasteiger charge is 2.11. The third-order valence-electron chi connectivity index (χ3n) is 2.96. The lowest BCUT2D eigenvalue weighted by Gasteiger charge is -2.17. The van der Waals surface area contributed by atoms with Gasteiger partial charge in [-0.05, 0) is 25.1 Å². The standard InChI is InChI=1S/C15H18N4O3S/c1-10-16-13(9-23-10)8-19(2)14(20)17-11-5-4-6-12(7-11)18-15(21)22-3/h4-7,9H,8H2,1-3H3,(H,17,20)(H,18,21). The largest absolute Gasteiger partial charge is 0.453 e. The van der Waals surface area contributed by atoms with E-state index >= 15 is 0 Å². The molecule has 1 aromatic heterocycles. The second kappa shape index (κ2) is 7.59. The van der Waals surface area contributed by atoms with Crippen molar-refractivity contribution in [1.82, 2.24) is 9.88 Å². The number of anilines is 2. The molecule has 0 radical (unpaired) electrons. The van der Waals surface area contributed by atoms with E-state index in [0.717, 1.165) is 10.7 Å². The highest BCUT2D eigenvalue weighted by molar-refractivity contribution is 7.09. The molecule has 0 atom stereocenters. The van der Waals surface area contributed by atoms with Gasteiger partial charge in [-0.15, -0.1) is 11.3 Å². The fourth-order valence-corrected chi connectivity index (χ4v) is 2.46. The van der Waals surface area contributed by atoms with Gasteiger partial charge in [-0.2, -0.15) is 0 Å². The molecule has 0 saturated heterocycles. The van der Waals surface area contributed by atoms with Crippen molar-refractivity contribution in [3.63, 3.8) is 0 Å². The molecule has 1 heterocycles. The van der Waals surface area contributed by atoms with E-state index in [9.17, 15) is 9.59 Å². The molecule has 0 aliphatic heterocycles. The molecular weight excluding hydrogens is 316 g/mol. The normalized spacial score (nSPS) is 10.0. The van der Waals surface area contributed by atoms with Gasteiger partial charge in [-0.1, -0.05) is 6.07 Å². The van der Waals surface area contributed by atoms with Crippen LogP contribution in [0.4, 0.5) is 21.0 Å². The molecule has 0 saturated carbocycles. The molecule has 0 spiro atoms. The molecule has 8 heteroatoms. The lowest BCUT2D eigenvalue weighted by molar-refractivity contribution is 0.187. The summed E-state index contributed by atoms with van der Waals surface area (Å²) in [6.07, 6.45) is -0.565. The third-order valence-corrected chi connectivity index (χ3v) is 3.78. The Hall–Kier alpha value is -2.61. The van der Waals surface area contributed by atoms with Gasteiger partial charge in [-0.25, -0.2) is 14.6 Å². The first-order valence-corrected chi connectivity index (χ1v) is 7.74. The van der Waals surface area contributed by atoms with Crippen LogP contribution >= 0.6 is 11.3 Å². The predicted octanol–water partition coefficient (Wildman–Crippen LogP) is 3.29. The van der Waals surface area contributed by atoms with Gasteiger partial charge in [0.25, 0.3) is 0 Å². The molecule has 2 N–H and O–H groups in total. The second-order valence-corrected chi connectivity index (χ2v) is 5.90. The van der Waals surface area contributed by atoms with E-state index in [2.05, 4.69) is 20.4 Å². The number of hydrogen-bond acceptors (Lipinski definition) is 5. The molecule has 23 heavy (non-hydrogen) atoms. The number of thiazole rings is 1. The Morgan fingerprint density at radius 3 is 2.61 bits per heavy atom. The van der Waals surface area contributed by atoms with Crippen LogP contribution in [0.2, 0.25) is 0 Å². The average molecular weight is 334 g/mol. The average Bonchev–Trinajstić information content (AvgIpc) is 2.92. The van der Waals surface area contributed by atoms with Crippen LogP contribution in [-0.2, 0) is 11.3 Å². The molecule has 0 aliphatic carbocycles. The first-order chi connectivity index (χ1) is 11.0. The Balaban J connectivity index is 1.96. The first-order valence-electron chi connectivity index (χ1n) is 6.86. The van der Waals surface area contributed by atoms with Gasteiger partial charge in [0.15, 0.2) is 0 Å². The van der Waals surface area contributed by atoms with Crippen LogP contribution in [0.15, 0.2) is 29.6 Å².